The number of rotatable bonds is 4. The Bertz CT molecular complexity index is 207. The summed E-state index contributed by atoms with van der Waals surface area (Å²) in [5.41, 5.74) is 0.208. The van der Waals surface area contributed by atoms with E-state index in [1.807, 2.05) is 0 Å². The Balaban J connectivity index is 1.63. The van der Waals surface area contributed by atoms with Gasteiger partial charge in [-0.3, -0.25) is 4.79 Å². The van der Waals surface area contributed by atoms with Gasteiger partial charge in [0.05, 0.1) is 13.2 Å². The highest BCUT2D eigenvalue weighted by Crippen LogP contribution is 2.32. The van der Waals surface area contributed by atoms with Gasteiger partial charge in [-0.15, -0.1) is 0 Å². The molecule has 3 nitrogen and oxygen atoms in total. The number of hydrogen-bond acceptors (Lipinski definition) is 2. The maximum absolute atomic E-state index is 11.3. The van der Waals surface area contributed by atoms with Crippen molar-refractivity contribution in [2.24, 2.45) is 11.3 Å². The largest absolute Gasteiger partial charge is 0.380 e. The van der Waals surface area contributed by atoms with Gasteiger partial charge in [-0.2, -0.15) is 0 Å². The van der Waals surface area contributed by atoms with E-state index < -0.39 is 0 Å². The zero-order chi connectivity index (χ0) is 9.31. The van der Waals surface area contributed by atoms with Crippen molar-refractivity contribution in [2.75, 3.05) is 19.8 Å². The summed E-state index contributed by atoms with van der Waals surface area (Å²) in [6.07, 6.45) is 3.22. The Kier molecular flexibility index (Phi) is 2.28. The van der Waals surface area contributed by atoms with Crippen LogP contribution in [0.4, 0.5) is 0 Å². The van der Waals surface area contributed by atoms with Crippen LogP contribution in [0.1, 0.15) is 26.2 Å². The molecule has 1 saturated heterocycles. The molecule has 3 heteroatoms. The Hall–Kier alpha value is -0.570. The molecule has 74 valence electrons. The summed E-state index contributed by atoms with van der Waals surface area (Å²) in [6.45, 7) is 4.50. The Morgan fingerprint density at radius 1 is 1.54 bits per heavy atom. The predicted molar refractivity (Wildman–Crippen MR) is 49.3 cm³/mol. The number of ether oxygens (including phenoxy) is 1. The van der Waals surface area contributed by atoms with Crippen molar-refractivity contribution in [3.63, 3.8) is 0 Å². The summed E-state index contributed by atoms with van der Waals surface area (Å²) in [6, 6.07) is 0. The molecule has 0 aromatic rings. The molecule has 0 aromatic heterocycles. The zero-order valence-corrected chi connectivity index (χ0v) is 8.14. The lowest BCUT2D eigenvalue weighted by atomic mass is 9.89. The minimum atomic E-state index is 0.208. The van der Waals surface area contributed by atoms with Crippen molar-refractivity contribution >= 4 is 5.91 Å². The fourth-order valence-electron chi connectivity index (χ4n) is 1.52. The Labute approximate surface area is 78.8 Å². The van der Waals surface area contributed by atoms with E-state index in [0.29, 0.717) is 5.92 Å². The summed E-state index contributed by atoms with van der Waals surface area (Å²) < 4.78 is 5.11. The molecule has 1 aliphatic heterocycles. The Morgan fingerprint density at radius 3 is 2.69 bits per heavy atom. The molecule has 2 aliphatic rings. The van der Waals surface area contributed by atoms with E-state index in [4.69, 9.17) is 4.74 Å². The minimum absolute atomic E-state index is 0.208. The van der Waals surface area contributed by atoms with Crippen molar-refractivity contribution < 1.29 is 9.53 Å². The molecule has 0 atom stereocenters. The SMILES string of the molecule is CC1(CNC(=O)CC2CC2)COC1. The second-order valence-electron chi connectivity index (χ2n) is 4.73. The first-order valence-corrected chi connectivity index (χ1v) is 5.02. The van der Waals surface area contributed by atoms with Crippen LogP contribution in [-0.4, -0.2) is 25.7 Å². The molecule has 1 N–H and O–H groups in total. The molecule has 1 heterocycles. The lowest BCUT2D eigenvalue weighted by molar-refractivity contribution is -0.127. The maximum atomic E-state index is 11.3. The lowest BCUT2D eigenvalue weighted by Gasteiger charge is -2.38. The predicted octanol–water partition coefficient (Wildman–Crippen LogP) is 0.939. The third kappa shape index (κ3) is 2.44. The molecular formula is C10H17NO2. The van der Waals surface area contributed by atoms with Crippen LogP contribution in [0.2, 0.25) is 0 Å². The molecule has 1 amide bonds. The van der Waals surface area contributed by atoms with Gasteiger partial charge in [-0.1, -0.05) is 6.92 Å². The van der Waals surface area contributed by atoms with Crippen LogP contribution in [0.15, 0.2) is 0 Å². The molecule has 0 radical (unpaired) electrons. The number of carbonyl (C=O) groups excluding carboxylic acids is 1. The summed E-state index contributed by atoms with van der Waals surface area (Å²) in [4.78, 5) is 11.3. The smallest absolute Gasteiger partial charge is 0.220 e. The molecule has 1 aliphatic carbocycles. The van der Waals surface area contributed by atoms with Crippen LogP contribution < -0.4 is 5.32 Å². The molecule has 2 rings (SSSR count). The molecule has 2 fully saturated rings. The topological polar surface area (TPSA) is 38.3 Å². The third-order valence-electron chi connectivity index (χ3n) is 2.78. The monoisotopic (exact) mass is 183 g/mol. The first-order chi connectivity index (χ1) is 6.18. The van der Waals surface area contributed by atoms with E-state index in [-0.39, 0.29) is 11.3 Å². The molecule has 0 aromatic carbocycles. The first kappa shape index (κ1) is 9.00. The number of carbonyl (C=O) groups is 1. The average Bonchev–Trinajstić information content (AvgIpc) is 2.81. The molecule has 0 spiro atoms. The normalized spacial score (nSPS) is 25.0. The number of nitrogens with one attached hydrogen (secondary N) is 1. The highest BCUT2D eigenvalue weighted by atomic mass is 16.5. The van der Waals surface area contributed by atoms with Crippen molar-refractivity contribution in [3.05, 3.63) is 0 Å². The second kappa shape index (κ2) is 3.29. The van der Waals surface area contributed by atoms with Crippen LogP contribution >= 0.6 is 0 Å². The van der Waals surface area contributed by atoms with Gasteiger partial charge < -0.3 is 10.1 Å². The van der Waals surface area contributed by atoms with Crippen molar-refractivity contribution in [1.29, 1.82) is 0 Å². The number of hydrogen-bond donors (Lipinski definition) is 1. The third-order valence-corrected chi connectivity index (χ3v) is 2.78. The molecule has 1 saturated carbocycles. The second-order valence-corrected chi connectivity index (χ2v) is 4.73. The van der Waals surface area contributed by atoms with E-state index in [1.165, 1.54) is 12.8 Å². The van der Waals surface area contributed by atoms with E-state index in [2.05, 4.69) is 12.2 Å². The average molecular weight is 183 g/mol. The fraction of sp³-hybridized carbons (Fsp3) is 0.900. The highest BCUT2D eigenvalue weighted by Gasteiger charge is 2.34. The lowest BCUT2D eigenvalue weighted by Crippen LogP contribution is -2.48. The fourth-order valence-corrected chi connectivity index (χ4v) is 1.52. The minimum Gasteiger partial charge on any atom is -0.380 e. The van der Waals surface area contributed by atoms with Crippen molar-refractivity contribution in [1.82, 2.24) is 5.32 Å². The van der Waals surface area contributed by atoms with Gasteiger partial charge >= 0.3 is 0 Å². The number of amides is 1. The summed E-state index contributed by atoms with van der Waals surface area (Å²) in [5.74, 6) is 0.904. The van der Waals surface area contributed by atoms with Gasteiger partial charge in [0.2, 0.25) is 5.91 Å². The maximum Gasteiger partial charge on any atom is 0.220 e. The molecular weight excluding hydrogens is 166 g/mol. The van der Waals surface area contributed by atoms with Gasteiger partial charge in [-0.25, -0.2) is 0 Å². The standard InChI is InChI=1S/C10H17NO2/c1-10(6-13-7-10)5-11-9(12)4-8-2-3-8/h8H,2-7H2,1H3,(H,11,12). The van der Waals surface area contributed by atoms with E-state index >= 15 is 0 Å². The molecule has 0 bridgehead atoms. The summed E-state index contributed by atoms with van der Waals surface area (Å²) in [7, 11) is 0. The van der Waals surface area contributed by atoms with Crippen LogP contribution in [0.25, 0.3) is 0 Å². The van der Waals surface area contributed by atoms with Gasteiger partial charge in [0, 0.05) is 18.4 Å². The van der Waals surface area contributed by atoms with Crippen LogP contribution in [0.5, 0.6) is 0 Å². The van der Waals surface area contributed by atoms with Crippen molar-refractivity contribution in [2.45, 2.75) is 26.2 Å². The van der Waals surface area contributed by atoms with Gasteiger partial charge in [0.1, 0.15) is 0 Å². The molecule has 0 unspecified atom stereocenters. The van der Waals surface area contributed by atoms with E-state index in [9.17, 15) is 4.79 Å². The van der Waals surface area contributed by atoms with Crippen LogP contribution in [0.3, 0.4) is 0 Å². The van der Waals surface area contributed by atoms with Crippen LogP contribution in [-0.2, 0) is 9.53 Å². The van der Waals surface area contributed by atoms with Crippen molar-refractivity contribution in [3.8, 4) is 0 Å². The Morgan fingerprint density at radius 2 is 2.23 bits per heavy atom. The van der Waals surface area contributed by atoms with Gasteiger partial charge in [0.25, 0.3) is 0 Å². The quantitative estimate of drug-likeness (QED) is 0.704. The van der Waals surface area contributed by atoms with Gasteiger partial charge in [-0.05, 0) is 18.8 Å². The summed E-state index contributed by atoms with van der Waals surface area (Å²) in [5, 5.41) is 2.98. The molecule has 13 heavy (non-hydrogen) atoms. The first-order valence-electron chi connectivity index (χ1n) is 5.02. The highest BCUT2D eigenvalue weighted by molar-refractivity contribution is 5.76. The van der Waals surface area contributed by atoms with E-state index in [0.717, 1.165) is 26.2 Å². The van der Waals surface area contributed by atoms with Gasteiger partial charge in [0.15, 0.2) is 0 Å². The zero-order valence-electron chi connectivity index (χ0n) is 8.14. The van der Waals surface area contributed by atoms with E-state index in [1.54, 1.807) is 0 Å². The van der Waals surface area contributed by atoms with Crippen LogP contribution in [0, 0.1) is 11.3 Å². The summed E-state index contributed by atoms with van der Waals surface area (Å²) >= 11 is 0.